The third kappa shape index (κ3) is 5.90. The molecule has 0 aliphatic carbocycles. The van der Waals surface area contributed by atoms with Gasteiger partial charge >= 0.3 is 0 Å². The van der Waals surface area contributed by atoms with Crippen LogP contribution in [0.1, 0.15) is 65.4 Å². The second kappa shape index (κ2) is 11.9. The SMILES string of the molecule is C=C(NCc1c(C)nn(C)c1C)c1cccc(C2CCN(c3nc4c(c(NC5CCOCC5)n3)S(=O)CC4)CC2)c1. The minimum atomic E-state index is -1.03. The van der Waals surface area contributed by atoms with Crippen LogP contribution >= 0.6 is 0 Å². The molecule has 3 aliphatic heterocycles. The van der Waals surface area contributed by atoms with Gasteiger partial charge in [-0.15, -0.1) is 0 Å². The number of anilines is 2. The predicted octanol–water partition coefficient (Wildman–Crippen LogP) is 4.23. The molecule has 0 saturated carbocycles. The lowest BCUT2D eigenvalue weighted by Crippen LogP contribution is -2.35. The van der Waals surface area contributed by atoms with E-state index in [0.29, 0.717) is 24.3 Å². The van der Waals surface area contributed by atoms with Crippen molar-refractivity contribution in [3.63, 3.8) is 0 Å². The first-order chi connectivity index (χ1) is 19.9. The molecule has 5 heterocycles. The molecule has 218 valence electrons. The van der Waals surface area contributed by atoms with Gasteiger partial charge in [0.2, 0.25) is 5.95 Å². The van der Waals surface area contributed by atoms with Gasteiger partial charge in [-0.05, 0) is 62.6 Å². The fourth-order valence-electron chi connectivity index (χ4n) is 6.22. The van der Waals surface area contributed by atoms with Crippen molar-refractivity contribution in [3.05, 3.63) is 64.6 Å². The summed E-state index contributed by atoms with van der Waals surface area (Å²) in [5.41, 5.74) is 7.81. The molecule has 0 amide bonds. The van der Waals surface area contributed by atoms with Gasteiger partial charge in [0.15, 0.2) is 0 Å². The number of ether oxygens (including phenoxy) is 1. The Hall–Kier alpha value is -3.24. The van der Waals surface area contributed by atoms with Crippen LogP contribution in [0.15, 0.2) is 35.7 Å². The van der Waals surface area contributed by atoms with Gasteiger partial charge in [0.05, 0.1) is 22.2 Å². The largest absolute Gasteiger partial charge is 0.381 e. The third-order valence-corrected chi connectivity index (χ3v) is 10.3. The van der Waals surface area contributed by atoms with Gasteiger partial charge in [0, 0.05) is 75.1 Å². The maximum Gasteiger partial charge on any atom is 0.227 e. The number of benzene rings is 1. The Kier molecular flexibility index (Phi) is 8.12. The summed E-state index contributed by atoms with van der Waals surface area (Å²) in [5.74, 6) is 2.65. The van der Waals surface area contributed by atoms with E-state index in [2.05, 4.69) is 65.3 Å². The molecule has 9 nitrogen and oxygen atoms in total. The molecule has 1 aromatic carbocycles. The summed E-state index contributed by atoms with van der Waals surface area (Å²) in [7, 11) is 0.952. The molecule has 2 N–H and O–H groups in total. The summed E-state index contributed by atoms with van der Waals surface area (Å²) < 4.78 is 20.2. The van der Waals surface area contributed by atoms with Gasteiger partial charge in [0.1, 0.15) is 10.7 Å². The quantitative estimate of drug-likeness (QED) is 0.412. The van der Waals surface area contributed by atoms with Gasteiger partial charge in [-0.2, -0.15) is 10.1 Å². The zero-order valence-electron chi connectivity index (χ0n) is 24.4. The van der Waals surface area contributed by atoms with Crippen molar-refractivity contribution in [2.45, 2.75) is 69.4 Å². The molecule has 2 saturated heterocycles. The molecular weight excluding hydrogens is 534 g/mol. The van der Waals surface area contributed by atoms with E-state index in [1.165, 1.54) is 16.8 Å². The summed E-state index contributed by atoms with van der Waals surface area (Å²) >= 11 is 0. The van der Waals surface area contributed by atoms with Crippen molar-refractivity contribution < 1.29 is 8.95 Å². The normalized spacial score (nSPS) is 19.8. The Balaban J connectivity index is 1.11. The minimum absolute atomic E-state index is 0.299. The highest BCUT2D eigenvalue weighted by atomic mass is 32.2. The van der Waals surface area contributed by atoms with E-state index in [4.69, 9.17) is 14.7 Å². The smallest absolute Gasteiger partial charge is 0.227 e. The molecule has 0 radical (unpaired) electrons. The highest BCUT2D eigenvalue weighted by Gasteiger charge is 2.30. The molecule has 3 aliphatic rings. The summed E-state index contributed by atoms with van der Waals surface area (Å²) in [6.45, 7) is 12.5. The van der Waals surface area contributed by atoms with Crippen LogP contribution in [-0.4, -0.2) is 62.1 Å². The molecule has 6 rings (SSSR count). The molecule has 0 bridgehead atoms. The van der Waals surface area contributed by atoms with E-state index >= 15 is 0 Å². The van der Waals surface area contributed by atoms with Crippen LogP contribution in [0.4, 0.5) is 11.8 Å². The number of hydrogen-bond acceptors (Lipinski definition) is 8. The van der Waals surface area contributed by atoms with E-state index in [-0.39, 0.29) is 0 Å². The van der Waals surface area contributed by atoms with Gasteiger partial charge < -0.3 is 20.3 Å². The molecule has 10 heteroatoms. The Morgan fingerprint density at radius 2 is 1.93 bits per heavy atom. The van der Waals surface area contributed by atoms with Crippen LogP contribution in [0.25, 0.3) is 5.70 Å². The average Bonchev–Trinajstić information content (AvgIpc) is 3.49. The van der Waals surface area contributed by atoms with Gasteiger partial charge in [-0.25, -0.2) is 4.98 Å². The minimum Gasteiger partial charge on any atom is -0.381 e. The Bertz CT molecular complexity index is 1450. The van der Waals surface area contributed by atoms with E-state index < -0.39 is 10.8 Å². The van der Waals surface area contributed by atoms with Gasteiger partial charge in [0.25, 0.3) is 0 Å². The summed E-state index contributed by atoms with van der Waals surface area (Å²) in [4.78, 5) is 13.0. The zero-order valence-corrected chi connectivity index (χ0v) is 25.2. The monoisotopic (exact) mass is 575 g/mol. The van der Waals surface area contributed by atoms with Crippen LogP contribution in [0.2, 0.25) is 0 Å². The van der Waals surface area contributed by atoms with E-state index in [0.717, 1.165) is 97.7 Å². The highest BCUT2D eigenvalue weighted by molar-refractivity contribution is 7.85. The Morgan fingerprint density at radius 3 is 2.66 bits per heavy atom. The molecule has 41 heavy (non-hydrogen) atoms. The number of piperidine rings is 1. The first kappa shape index (κ1) is 27.9. The number of aryl methyl sites for hydroxylation is 3. The fourth-order valence-corrected chi connectivity index (χ4v) is 7.54. The molecule has 0 spiro atoms. The number of nitrogens with zero attached hydrogens (tertiary/aromatic N) is 5. The summed E-state index contributed by atoms with van der Waals surface area (Å²) in [6, 6.07) is 9.10. The Labute approximate surface area is 245 Å². The van der Waals surface area contributed by atoms with Crippen molar-refractivity contribution in [3.8, 4) is 0 Å². The zero-order chi connectivity index (χ0) is 28.5. The van der Waals surface area contributed by atoms with E-state index in [1.807, 2.05) is 11.7 Å². The lowest BCUT2D eigenvalue weighted by molar-refractivity contribution is 0.0903. The van der Waals surface area contributed by atoms with Crippen molar-refractivity contribution >= 4 is 28.3 Å². The number of hydrogen-bond donors (Lipinski definition) is 2. The topological polar surface area (TPSA) is 97.2 Å². The summed E-state index contributed by atoms with van der Waals surface area (Å²) in [6.07, 6.45) is 4.70. The summed E-state index contributed by atoms with van der Waals surface area (Å²) in [5, 5.41) is 11.6. The van der Waals surface area contributed by atoms with E-state index in [9.17, 15) is 4.21 Å². The second-order valence-electron chi connectivity index (χ2n) is 11.5. The highest BCUT2D eigenvalue weighted by Crippen LogP contribution is 2.34. The molecule has 2 fully saturated rings. The molecule has 3 aromatic rings. The second-order valence-corrected chi connectivity index (χ2v) is 13.0. The van der Waals surface area contributed by atoms with Crippen molar-refractivity contribution in [2.24, 2.45) is 7.05 Å². The fraction of sp³-hybridized carbons (Fsp3) is 0.516. The number of fused-ring (bicyclic) bond motifs is 1. The maximum atomic E-state index is 12.8. The predicted molar refractivity (Wildman–Crippen MR) is 164 cm³/mol. The standard InChI is InChI=1S/C31H41N7O2S/c1-20(32-19-27-21(2)36-37(4)22(27)3)24-6-5-7-25(18-24)23-8-13-38(14-9-23)31-34-28-12-17-41(39)29(28)30(35-31)33-26-10-15-40-16-11-26/h5-7,18,23,26,32H,1,8-17,19H2,2-4H3,(H,33,34,35). The molecular formula is C31H41N7O2S. The average molecular weight is 576 g/mol. The lowest BCUT2D eigenvalue weighted by atomic mass is 9.88. The molecule has 1 atom stereocenters. The third-order valence-electron chi connectivity index (χ3n) is 8.86. The maximum absolute atomic E-state index is 12.8. The van der Waals surface area contributed by atoms with Crippen molar-refractivity contribution in [1.29, 1.82) is 0 Å². The number of nitrogens with one attached hydrogen (secondary N) is 2. The van der Waals surface area contributed by atoms with Crippen LogP contribution in [0.3, 0.4) is 0 Å². The lowest BCUT2D eigenvalue weighted by Gasteiger charge is -2.33. The Morgan fingerprint density at radius 1 is 1.15 bits per heavy atom. The van der Waals surface area contributed by atoms with Crippen LogP contribution < -0.4 is 15.5 Å². The first-order valence-electron chi connectivity index (χ1n) is 14.8. The first-order valence-corrected chi connectivity index (χ1v) is 16.1. The van der Waals surface area contributed by atoms with Crippen LogP contribution in [0, 0.1) is 13.8 Å². The van der Waals surface area contributed by atoms with Crippen LogP contribution in [-0.2, 0) is 35.5 Å². The van der Waals surface area contributed by atoms with Gasteiger partial charge in [-0.1, -0.05) is 24.8 Å². The number of aromatic nitrogens is 4. The van der Waals surface area contributed by atoms with E-state index in [1.54, 1.807) is 0 Å². The van der Waals surface area contributed by atoms with Crippen molar-refractivity contribution in [1.82, 2.24) is 25.1 Å². The van der Waals surface area contributed by atoms with Crippen molar-refractivity contribution in [2.75, 3.05) is 42.3 Å². The number of rotatable bonds is 8. The van der Waals surface area contributed by atoms with Gasteiger partial charge in [-0.3, -0.25) is 8.89 Å². The molecule has 1 unspecified atom stereocenters. The molecule has 2 aromatic heterocycles. The van der Waals surface area contributed by atoms with Crippen LogP contribution in [0.5, 0.6) is 0 Å².